The Morgan fingerprint density at radius 1 is 1.75 bits per heavy atom. The Labute approximate surface area is 81.2 Å². The van der Waals surface area contributed by atoms with Crippen molar-refractivity contribution in [3.63, 3.8) is 0 Å². The number of halogens is 1. The highest BCUT2D eigenvalue weighted by atomic mass is 79.9. The van der Waals surface area contributed by atoms with Crippen LogP contribution in [0.15, 0.2) is 0 Å². The molecule has 1 heterocycles. The molecule has 1 fully saturated rings. The first-order chi connectivity index (χ1) is 5.77. The van der Waals surface area contributed by atoms with E-state index in [4.69, 9.17) is 4.74 Å². The predicted molar refractivity (Wildman–Crippen MR) is 50.4 cm³/mol. The second-order valence-electron chi connectivity index (χ2n) is 2.97. The Hall–Kier alpha value is -0.0900. The van der Waals surface area contributed by atoms with E-state index in [2.05, 4.69) is 15.9 Å². The van der Waals surface area contributed by atoms with E-state index in [9.17, 15) is 4.79 Å². The number of alkyl halides is 1. The molecule has 0 aromatic rings. The van der Waals surface area contributed by atoms with Gasteiger partial charge < -0.3 is 9.64 Å². The third kappa shape index (κ3) is 2.45. The zero-order chi connectivity index (χ0) is 8.97. The summed E-state index contributed by atoms with van der Waals surface area (Å²) >= 11 is 3.16. The van der Waals surface area contributed by atoms with E-state index in [0.717, 1.165) is 25.9 Å². The maximum absolute atomic E-state index is 11.3. The molecule has 1 aliphatic rings. The molecule has 4 heteroatoms. The lowest BCUT2D eigenvalue weighted by Gasteiger charge is -2.31. The average molecular weight is 236 g/mol. The highest BCUT2D eigenvalue weighted by Crippen LogP contribution is 2.12. The molecular weight excluding hydrogens is 222 g/mol. The number of carbonyl (C=O) groups is 1. The number of rotatable bonds is 2. The second-order valence-corrected chi connectivity index (χ2v) is 3.53. The number of amides is 1. The standard InChI is InChI=1S/C8H14BrNO2/c1-12-7-3-2-4-10(6-7)8(11)5-9/h7H,2-6H2,1H3. The zero-order valence-electron chi connectivity index (χ0n) is 7.25. The molecule has 1 atom stereocenters. The van der Waals surface area contributed by atoms with Crippen molar-refractivity contribution >= 4 is 21.8 Å². The van der Waals surface area contributed by atoms with Crippen LogP contribution < -0.4 is 0 Å². The van der Waals surface area contributed by atoms with Gasteiger partial charge in [-0.05, 0) is 12.8 Å². The molecule has 3 nitrogen and oxygen atoms in total. The summed E-state index contributed by atoms with van der Waals surface area (Å²) in [5.41, 5.74) is 0. The van der Waals surface area contributed by atoms with Gasteiger partial charge in [0, 0.05) is 20.2 Å². The number of nitrogens with zero attached hydrogens (tertiary/aromatic N) is 1. The number of likely N-dealkylation sites (tertiary alicyclic amines) is 1. The summed E-state index contributed by atoms with van der Waals surface area (Å²) in [4.78, 5) is 13.1. The van der Waals surface area contributed by atoms with E-state index >= 15 is 0 Å². The third-order valence-corrected chi connectivity index (χ3v) is 2.66. The van der Waals surface area contributed by atoms with E-state index in [1.54, 1.807) is 7.11 Å². The van der Waals surface area contributed by atoms with Gasteiger partial charge in [0.25, 0.3) is 0 Å². The molecule has 1 rings (SSSR count). The van der Waals surface area contributed by atoms with Crippen molar-refractivity contribution in [3.8, 4) is 0 Å². The first-order valence-electron chi connectivity index (χ1n) is 4.14. The summed E-state index contributed by atoms with van der Waals surface area (Å²) in [6, 6.07) is 0. The zero-order valence-corrected chi connectivity index (χ0v) is 8.84. The summed E-state index contributed by atoms with van der Waals surface area (Å²) in [6.07, 6.45) is 2.36. The largest absolute Gasteiger partial charge is 0.380 e. The van der Waals surface area contributed by atoms with Crippen molar-refractivity contribution in [1.82, 2.24) is 4.90 Å². The highest BCUT2D eigenvalue weighted by Gasteiger charge is 2.22. The van der Waals surface area contributed by atoms with Crippen molar-refractivity contribution in [2.75, 3.05) is 25.5 Å². The number of carbonyl (C=O) groups excluding carboxylic acids is 1. The SMILES string of the molecule is COC1CCCN(C(=O)CBr)C1. The summed E-state index contributed by atoms with van der Waals surface area (Å²) in [5.74, 6) is 0.164. The van der Waals surface area contributed by atoms with Gasteiger partial charge in [0.05, 0.1) is 11.4 Å². The molecule has 1 unspecified atom stereocenters. The van der Waals surface area contributed by atoms with Crippen LogP contribution in [0.25, 0.3) is 0 Å². The maximum Gasteiger partial charge on any atom is 0.233 e. The number of ether oxygens (including phenoxy) is 1. The summed E-state index contributed by atoms with van der Waals surface area (Å²) in [5, 5.41) is 0.420. The Bertz CT molecular complexity index is 163. The van der Waals surface area contributed by atoms with E-state index < -0.39 is 0 Å². The Kier molecular flexibility index (Phi) is 4.01. The lowest BCUT2D eigenvalue weighted by atomic mass is 10.1. The summed E-state index contributed by atoms with van der Waals surface area (Å²) in [6.45, 7) is 1.63. The van der Waals surface area contributed by atoms with Crippen molar-refractivity contribution in [3.05, 3.63) is 0 Å². The van der Waals surface area contributed by atoms with Crippen LogP contribution in [0.5, 0.6) is 0 Å². The van der Waals surface area contributed by atoms with Crippen LogP contribution in [0.2, 0.25) is 0 Å². The normalized spacial score (nSPS) is 24.2. The van der Waals surface area contributed by atoms with Crippen LogP contribution in [-0.2, 0) is 9.53 Å². The first kappa shape index (κ1) is 9.99. The number of methoxy groups -OCH3 is 1. The van der Waals surface area contributed by atoms with Crippen LogP contribution in [0, 0.1) is 0 Å². The third-order valence-electron chi connectivity index (χ3n) is 2.18. The number of hydrogen-bond donors (Lipinski definition) is 0. The van der Waals surface area contributed by atoms with Crippen molar-refractivity contribution in [1.29, 1.82) is 0 Å². The minimum absolute atomic E-state index is 0.164. The fourth-order valence-corrected chi connectivity index (χ4v) is 1.80. The summed E-state index contributed by atoms with van der Waals surface area (Å²) < 4.78 is 5.21. The van der Waals surface area contributed by atoms with Crippen molar-refractivity contribution in [2.24, 2.45) is 0 Å². The van der Waals surface area contributed by atoms with Crippen LogP contribution in [-0.4, -0.2) is 42.4 Å². The molecule has 0 N–H and O–H groups in total. The van der Waals surface area contributed by atoms with Gasteiger partial charge >= 0.3 is 0 Å². The fraction of sp³-hybridized carbons (Fsp3) is 0.875. The smallest absolute Gasteiger partial charge is 0.233 e. The van der Waals surface area contributed by atoms with Gasteiger partial charge in [-0.3, -0.25) is 4.79 Å². The number of piperidine rings is 1. The van der Waals surface area contributed by atoms with Crippen LogP contribution in [0.4, 0.5) is 0 Å². The lowest BCUT2D eigenvalue weighted by Crippen LogP contribution is -2.43. The van der Waals surface area contributed by atoms with E-state index in [-0.39, 0.29) is 12.0 Å². The van der Waals surface area contributed by atoms with Crippen LogP contribution in [0.1, 0.15) is 12.8 Å². The molecule has 0 aliphatic carbocycles. The van der Waals surface area contributed by atoms with Gasteiger partial charge in [0.1, 0.15) is 0 Å². The molecule has 0 radical (unpaired) electrons. The summed E-state index contributed by atoms with van der Waals surface area (Å²) in [7, 11) is 1.70. The first-order valence-corrected chi connectivity index (χ1v) is 5.26. The van der Waals surface area contributed by atoms with Crippen LogP contribution in [0.3, 0.4) is 0 Å². The van der Waals surface area contributed by atoms with Crippen LogP contribution >= 0.6 is 15.9 Å². The molecule has 0 spiro atoms. The molecule has 1 amide bonds. The Balaban J connectivity index is 2.40. The highest BCUT2D eigenvalue weighted by molar-refractivity contribution is 9.09. The Morgan fingerprint density at radius 3 is 3.08 bits per heavy atom. The number of hydrogen-bond acceptors (Lipinski definition) is 2. The van der Waals surface area contributed by atoms with Crippen molar-refractivity contribution < 1.29 is 9.53 Å². The fourth-order valence-electron chi connectivity index (χ4n) is 1.44. The molecular formula is C8H14BrNO2. The van der Waals surface area contributed by atoms with E-state index in [1.807, 2.05) is 4.90 Å². The molecule has 0 bridgehead atoms. The van der Waals surface area contributed by atoms with Gasteiger partial charge in [0.15, 0.2) is 0 Å². The van der Waals surface area contributed by atoms with Gasteiger partial charge in [-0.15, -0.1) is 0 Å². The molecule has 0 saturated carbocycles. The van der Waals surface area contributed by atoms with Crippen molar-refractivity contribution in [2.45, 2.75) is 18.9 Å². The second kappa shape index (κ2) is 4.82. The van der Waals surface area contributed by atoms with Gasteiger partial charge in [-0.1, -0.05) is 15.9 Å². The molecule has 1 aliphatic heterocycles. The van der Waals surface area contributed by atoms with Gasteiger partial charge in [-0.2, -0.15) is 0 Å². The molecule has 12 heavy (non-hydrogen) atoms. The predicted octanol–water partition coefficient (Wildman–Crippen LogP) is 1.02. The quantitative estimate of drug-likeness (QED) is 0.670. The molecule has 1 saturated heterocycles. The minimum atomic E-state index is 0.164. The average Bonchev–Trinajstić information content (AvgIpc) is 2.17. The maximum atomic E-state index is 11.3. The molecule has 0 aromatic heterocycles. The minimum Gasteiger partial charge on any atom is -0.380 e. The van der Waals surface area contributed by atoms with Gasteiger partial charge in [0.2, 0.25) is 5.91 Å². The lowest BCUT2D eigenvalue weighted by molar-refractivity contribution is -0.131. The monoisotopic (exact) mass is 235 g/mol. The van der Waals surface area contributed by atoms with E-state index in [0.29, 0.717) is 5.33 Å². The van der Waals surface area contributed by atoms with E-state index in [1.165, 1.54) is 0 Å². The molecule has 70 valence electrons. The van der Waals surface area contributed by atoms with Gasteiger partial charge in [-0.25, -0.2) is 0 Å². The Morgan fingerprint density at radius 2 is 2.50 bits per heavy atom. The molecule has 0 aromatic carbocycles. The topological polar surface area (TPSA) is 29.5 Å².